The number of aliphatic carboxylic acids is 1. The van der Waals surface area contributed by atoms with Crippen LogP contribution in [0.4, 0.5) is 0 Å². The molecule has 0 rings (SSSR count). The Balaban J connectivity index is 3.16. The summed E-state index contributed by atoms with van der Waals surface area (Å²) in [5, 5.41) is 11.3. The second kappa shape index (κ2) is 6.12. The molecule has 0 amide bonds. The molecule has 0 saturated heterocycles. The lowest BCUT2D eigenvalue weighted by molar-refractivity contribution is -0.136. The number of ether oxygens (including phenoxy) is 1. The van der Waals surface area contributed by atoms with Crippen LogP contribution in [0.5, 0.6) is 0 Å². The summed E-state index contributed by atoms with van der Waals surface area (Å²) in [5.74, 6) is -0.776. The predicted octanol–water partition coefficient (Wildman–Crippen LogP) is 0.0856. The average molecular weight is 161 g/mol. The van der Waals surface area contributed by atoms with Crippen LogP contribution in [0.3, 0.4) is 0 Å². The first kappa shape index (κ1) is 10.4. The SMILES string of the molecule is COCC(C)NCCC(=O)O. The summed E-state index contributed by atoms with van der Waals surface area (Å²) in [6.45, 7) is 3.06. The van der Waals surface area contributed by atoms with Gasteiger partial charge in [0.05, 0.1) is 13.0 Å². The lowest BCUT2D eigenvalue weighted by atomic mass is 10.3. The molecule has 0 aromatic rings. The topological polar surface area (TPSA) is 58.6 Å². The van der Waals surface area contributed by atoms with Crippen molar-refractivity contribution in [3.05, 3.63) is 0 Å². The van der Waals surface area contributed by atoms with Crippen molar-refractivity contribution in [2.45, 2.75) is 19.4 Å². The van der Waals surface area contributed by atoms with Crippen molar-refractivity contribution in [2.24, 2.45) is 0 Å². The van der Waals surface area contributed by atoms with Crippen molar-refractivity contribution in [1.29, 1.82) is 0 Å². The number of carboxylic acid groups (broad SMARTS) is 1. The van der Waals surface area contributed by atoms with Gasteiger partial charge in [-0.25, -0.2) is 0 Å². The Bertz CT molecular complexity index is 116. The summed E-state index contributed by atoms with van der Waals surface area (Å²) in [7, 11) is 1.62. The van der Waals surface area contributed by atoms with Gasteiger partial charge in [-0.1, -0.05) is 0 Å². The molecular weight excluding hydrogens is 146 g/mol. The lowest BCUT2D eigenvalue weighted by Gasteiger charge is -2.10. The van der Waals surface area contributed by atoms with Gasteiger partial charge in [0.25, 0.3) is 0 Å². The predicted molar refractivity (Wildman–Crippen MR) is 41.6 cm³/mol. The Morgan fingerprint density at radius 2 is 2.36 bits per heavy atom. The van der Waals surface area contributed by atoms with Gasteiger partial charge in [0, 0.05) is 19.7 Å². The zero-order valence-corrected chi connectivity index (χ0v) is 6.96. The number of nitrogens with one attached hydrogen (secondary N) is 1. The van der Waals surface area contributed by atoms with E-state index in [0.717, 1.165) is 0 Å². The highest BCUT2D eigenvalue weighted by atomic mass is 16.5. The van der Waals surface area contributed by atoms with Crippen molar-refractivity contribution in [2.75, 3.05) is 20.3 Å². The summed E-state index contributed by atoms with van der Waals surface area (Å²) in [4.78, 5) is 10.1. The number of carboxylic acids is 1. The van der Waals surface area contributed by atoms with Crippen molar-refractivity contribution in [3.8, 4) is 0 Å². The van der Waals surface area contributed by atoms with E-state index in [9.17, 15) is 4.79 Å². The highest BCUT2D eigenvalue weighted by Gasteiger charge is 2.00. The first-order valence-electron chi connectivity index (χ1n) is 3.61. The highest BCUT2D eigenvalue weighted by molar-refractivity contribution is 5.66. The maximum atomic E-state index is 10.1. The molecule has 0 fully saturated rings. The van der Waals surface area contributed by atoms with E-state index in [1.807, 2.05) is 6.92 Å². The molecule has 0 heterocycles. The van der Waals surface area contributed by atoms with Gasteiger partial charge in [-0.15, -0.1) is 0 Å². The van der Waals surface area contributed by atoms with Crippen molar-refractivity contribution in [3.63, 3.8) is 0 Å². The summed E-state index contributed by atoms with van der Waals surface area (Å²) >= 11 is 0. The molecule has 4 nitrogen and oxygen atoms in total. The number of carbonyl (C=O) groups is 1. The van der Waals surface area contributed by atoms with Crippen LogP contribution in [0.2, 0.25) is 0 Å². The van der Waals surface area contributed by atoms with Crippen LogP contribution in [0.25, 0.3) is 0 Å². The van der Waals surface area contributed by atoms with Gasteiger partial charge in [-0.2, -0.15) is 0 Å². The van der Waals surface area contributed by atoms with Crippen molar-refractivity contribution in [1.82, 2.24) is 5.32 Å². The van der Waals surface area contributed by atoms with Crippen LogP contribution in [0.15, 0.2) is 0 Å². The van der Waals surface area contributed by atoms with E-state index < -0.39 is 5.97 Å². The van der Waals surface area contributed by atoms with Gasteiger partial charge in [0.2, 0.25) is 0 Å². The second-order valence-electron chi connectivity index (χ2n) is 2.45. The van der Waals surface area contributed by atoms with Gasteiger partial charge in [-0.3, -0.25) is 4.79 Å². The number of hydrogen-bond acceptors (Lipinski definition) is 3. The van der Waals surface area contributed by atoms with E-state index >= 15 is 0 Å². The minimum absolute atomic E-state index is 0.161. The molecule has 2 N–H and O–H groups in total. The van der Waals surface area contributed by atoms with Gasteiger partial charge in [0.1, 0.15) is 0 Å². The zero-order valence-electron chi connectivity index (χ0n) is 6.96. The fourth-order valence-electron chi connectivity index (χ4n) is 0.734. The highest BCUT2D eigenvalue weighted by Crippen LogP contribution is 1.83. The molecule has 66 valence electrons. The third kappa shape index (κ3) is 7.29. The fourth-order valence-corrected chi connectivity index (χ4v) is 0.734. The Morgan fingerprint density at radius 1 is 1.73 bits per heavy atom. The molecule has 4 heteroatoms. The second-order valence-corrected chi connectivity index (χ2v) is 2.45. The molecule has 1 atom stereocenters. The molecule has 0 aromatic heterocycles. The normalized spacial score (nSPS) is 12.9. The molecule has 0 aromatic carbocycles. The standard InChI is InChI=1S/C7H15NO3/c1-6(5-11-2)8-4-3-7(9)10/h6,8H,3-5H2,1-2H3,(H,9,10). The van der Waals surface area contributed by atoms with Crippen molar-refractivity contribution >= 4 is 5.97 Å². The Hall–Kier alpha value is -0.610. The van der Waals surface area contributed by atoms with Gasteiger partial charge < -0.3 is 15.2 Å². The van der Waals surface area contributed by atoms with Crippen LogP contribution >= 0.6 is 0 Å². The third-order valence-corrected chi connectivity index (χ3v) is 1.25. The lowest BCUT2D eigenvalue weighted by Crippen LogP contribution is -2.31. The van der Waals surface area contributed by atoms with E-state index in [-0.39, 0.29) is 12.5 Å². The molecular formula is C7H15NO3. The van der Waals surface area contributed by atoms with Crippen LogP contribution < -0.4 is 5.32 Å². The first-order valence-corrected chi connectivity index (χ1v) is 3.61. The summed E-state index contributed by atoms with van der Waals surface area (Å²) in [6, 6.07) is 0.222. The molecule has 0 aliphatic carbocycles. The summed E-state index contributed by atoms with van der Waals surface area (Å²) in [5.41, 5.74) is 0. The molecule has 1 unspecified atom stereocenters. The molecule has 0 saturated carbocycles. The van der Waals surface area contributed by atoms with E-state index in [2.05, 4.69) is 5.32 Å². The number of rotatable bonds is 6. The first-order chi connectivity index (χ1) is 5.16. The zero-order chi connectivity index (χ0) is 8.69. The van der Waals surface area contributed by atoms with E-state index in [0.29, 0.717) is 13.2 Å². The van der Waals surface area contributed by atoms with E-state index in [4.69, 9.17) is 9.84 Å². The Kier molecular flexibility index (Phi) is 5.78. The Labute approximate surface area is 66.5 Å². The molecule has 0 spiro atoms. The largest absolute Gasteiger partial charge is 0.481 e. The van der Waals surface area contributed by atoms with Gasteiger partial charge in [0.15, 0.2) is 0 Å². The van der Waals surface area contributed by atoms with Gasteiger partial charge >= 0.3 is 5.97 Å². The van der Waals surface area contributed by atoms with Gasteiger partial charge in [-0.05, 0) is 6.92 Å². The third-order valence-electron chi connectivity index (χ3n) is 1.25. The molecule has 11 heavy (non-hydrogen) atoms. The molecule has 0 bridgehead atoms. The van der Waals surface area contributed by atoms with Crippen LogP contribution in [0.1, 0.15) is 13.3 Å². The average Bonchev–Trinajstić information content (AvgIpc) is 1.87. The smallest absolute Gasteiger partial charge is 0.304 e. The fraction of sp³-hybridized carbons (Fsp3) is 0.857. The summed E-state index contributed by atoms with van der Waals surface area (Å²) in [6.07, 6.45) is 0.161. The minimum Gasteiger partial charge on any atom is -0.481 e. The maximum Gasteiger partial charge on any atom is 0.304 e. The van der Waals surface area contributed by atoms with Crippen molar-refractivity contribution < 1.29 is 14.6 Å². The quantitative estimate of drug-likeness (QED) is 0.579. The molecule has 0 radical (unpaired) electrons. The Morgan fingerprint density at radius 3 is 2.82 bits per heavy atom. The van der Waals surface area contributed by atoms with Crippen LogP contribution in [0, 0.1) is 0 Å². The monoisotopic (exact) mass is 161 g/mol. The summed E-state index contributed by atoms with van der Waals surface area (Å²) < 4.78 is 4.85. The maximum absolute atomic E-state index is 10.1. The van der Waals surface area contributed by atoms with E-state index in [1.54, 1.807) is 7.11 Å². The van der Waals surface area contributed by atoms with Crippen LogP contribution in [-0.4, -0.2) is 37.4 Å². The van der Waals surface area contributed by atoms with Crippen LogP contribution in [-0.2, 0) is 9.53 Å². The molecule has 0 aliphatic heterocycles. The number of hydrogen-bond donors (Lipinski definition) is 2. The minimum atomic E-state index is -0.776. The van der Waals surface area contributed by atoms with E-state index in [1.165, 1.54) is 0 Å². The number of methoxy groups -OCH3 is 1. The molecule has 0 aliphatic rings.